The molecular weight excluding hydrogens is 929 g/mol. The molecule has 1 aliphatic rings. The van der Waals surface area contributed by atoms with Crippen LogP contribution in [0.3, 0.4) is 0 Å². The van der Waals surface area contributed by atoms with Gasteiger partial charge in [0.2, 0.25) is 0 Å². The summed E-state index contributed by atoms with van der Waals surface area (Å²) in [7, 11) is 4.99. The number of hydrogen-bond donors (Lipinski definition) is 3. The zero-order chi connectivity index (χ0) is 53.6. The highest BCUT2D eigenvalue weighted by Crippen LogP contribution is 2.30. The van der Waals surface area contributed by atoms with Gasteiger partial charge in [0.1, 0.15) is 13.2 Å². The topological polar surface area (TPSA) is 180 Å². The molecule has 1 fully saturated rings. The Morgan fingerprint density at radius 1 is 0.452 bits per heavy atom. The molecule has 0 aromatic heterocycles. The van der Waals surface area contributed by atoms with Crippen molar-refractivity contribution in [1.82, 2.24) is 0 Å². The third kappa shape index (κ3) is 38.8. The third-order valence-electron chi connectivity index (χ3n) is 14.3. The molecule has 9 atom stereocenters. The van der Waals surface area contributed by atoms with Crippen LogP contribution >= 0.6 is 0 Å². The van der Waals surface area contributed by atoms with Crippen molar-refractivity contribution >= 4 is 17.9 Å². The maximum absolute atomic E-state index is 12.9. The Kier molecular flexibility index (Phi) is 45.1. The molecule has 0 spiro atoms. The van der Waals surface area contributed by atoms with E-state index in [-0.39, 0.29) is 74.9 Å². The number of carbonyl (C=O) groups excluding carboxylic acids is 3. The van der Waals surface area contributed by atoms with E-state index in [4.69, 9.17) is 33.2 Å². The maximum Gasteiger partial charge on any atom is 0.306 e. The highest BCUT2D eigenvalue weighted by atomic mass is 16.6. The number of epoxide rings is 1. The van der Waals surface area contributed by atoms with E-state index < -0.39 is 30.4 Å². The van der Waals surface area contributed by atoms with Crippen molar-refractivity contribution in [1.29, 1.82) is 0 Å². The predicted molar refractivity (Wildman–Crippen MR) is 292 cm³/mol. The standard InChI is InChI=1S/C60H110O13/c1-7-10-12-13-25-33-41-55(68-5)51(62)39-32-24-22-29-36-44-59(65)71-48-49(47-70-58(64)43-35-27-20-16-14-18-23-31-38-50(61)54(67-4)40-30-11-8-2)72-60(66)45-37-28-21-17-15-19-26-34-42-56(69-6)52(63)46-57-53(9-3)73-57/h23,26,31,34,49-57,61-63H,7-22,24-25,27-30,32-33,35-48H2,1-6H3/b31-23-,34-26-. The molecule has 9 unspecified atom stereocenters. The second kappa shape index (κ2) is 48.0. The number of aliphatic hydroxyl groups is 3. The van der Waals surface area contributed by atoms with Gasteiger partial charge in [0.25, 0.3) is 0 Å². The van der Waals surface area contributed by atoms with Crippen LogP contribution in [0.5, 0.6) is 0 Å². The van der Waals surface area contributed by atoms with Gasteiger partial charge in [0.05, 0.1) is 48.8 Å². The van der Waals surface area contributed by atoms with Gasteiger partial charge >= 0.3 is 17.9 Å². The van der Waals surface area contributed by atoms with E-state index in [1.807, 2.05) is 0 Å². The third-order valence-corrected chi connectivity index (χ3v) is 14.3. The summed E-state index contributed by atoms with van der Waals surface area (Å²) in [4.78, 5) is 38.4. The van der Waals surface area contributed by atoms with Crippen LogP contribution in [0.2, 0.25) is 0 Å². The number of hydrogen-bond acceptors (Lipinski definition) is 13. The fraction of sp³-hybridized carbons (Fsp3) is 0.883. The number of esters is 3. The molecule has 13 heteroatoms. The molecule has 0 aliphatic carbocycles. The number of aliphatic hydroxyl groups excluding tert-OH is 3. The fourth-order valence-electron chi connectivity index (χ4n) is 9.40. The lowest BCUT2D eigenvalue weighted by Crippen LogP contribution is -2.30. The van der Waals surface area contributed by atoms with Gasteiger partial charge < -0.3 is 48.5 Å². The van der Waals surface area contributed by atoms with Crippen molar-refractivity contribution in [3.05, 3.63) is 24.3 Å². The molecule has 1 aliphatic heterocycles. The van der Waals surface area contributed by atoms with Gasteiger partial charge in [-0.1, -0.05) is 167 Å². The molecule has 0 radical (unpaired) electrons. The van der Waals surface area contributed by atoms with Gasteiger partial charge in [-0.25, -0.2) is 0 Å². The highest BCUT2D eigenvalue weighted by molar-refractivity contribution is 5.71. The lowest BCUT2D eigenvalue weighted by molar-refractivity contribution is -0.167. The Balaban J connectivity index is 2.43. The average molecular weight is 1040 g/mol. The molecule has 3 N–H and O–H groups in total. The SMILES string of the molecule is CCCCCCCCC(OC)C(O)CCCCCCCC(=O)OCC(COC(=O)CCCCCCC/C=C\CC(O)C(CCCCC)OC)OC(=O)CCCCCCC/C=C\CC(OC)C(O)CC1OC1CC. The van der Waals surface area contributed by atoms with E-state index in [9.17, 15) is 29.7 Å². The Morgan fingerprint density at radius 3 is 1.38 bits per heavy atom. The van der Waals surface area contributed by atoms with E-state index in [1.165, 1.54) is 32.1 Å². The molecule has 0 bridgehead atoms. The van der Waals surface area contributed by atoms with Gasteiger partial charge in [-0.2, -0.15) is 0 Å². The Hall–Kier alpha value is -2.39. The number of methoxy groups -OCH3 is 3. The first-order valence-corrected chi connectivity index (χ1v) is 29.6. The summed E-state index contributed by atoms with van der Waals surface area (Å²) in [5.41, 5.74) is 0. The van der Waals surface area contributed by atoms with E-state index in [1.54, 1.807) is 21.3 Å². The lowest BCUT2D eigenvalue weighted by atomic mass is 9.99. The first-order valence-electron chi connectivity index (χ1n) is 29.6. The second-order valence-electron chi connectivity index (χ2n) is 20.7. The normalized spacial score (nSPS) is 17.6. The van der Waals surface area contributed by atoms with E-state index >= 15 is 0 Å². The molecule has 1 saturated heterocycles. The van der Waals surface area contributed by atoms with Crippen LogP contribution in [-0.4, -0.2) is 123 Å². The maximum atomic E-state index is 12.9. The van der Waals surface area contributed by atoms with Crippen molar-refractivity contribution in [2.24, 2.45) is 0 Å². The molecule has 13 nitrogen and oxygen atoms in total. The van der Waals surface area contributed by atoms with Crippen molar-refractivity contribution in [3.63, 3.8) is 0 Å². The highest BCUT2D eigenvalue weighted by Gasteiger charge is 2.39. The number of unbranched alkanes of at least 4 members (excludes halogenated alkanes) is 21. The van der Waals surface area contributed by atoms with Crippen LogP contribution < -0.4 is 0 Å². The summed E-state index contributed by atoms with van der Waals surface area (Å²) in [6.07, 6.45) is 38.4. The Labute approximate surface area is 445 Å². The molecule has 0 aromatic carbocycles. The summed E-state index contributed by atoms with van der Waals surface area (Å²) in [5.74, 6) is -1.13. The van der Waals surface area contributed by atoms with Crippen LogP contribution in [0.4, 0.5) is 0 Å². The van der Waals surface area contributed by atoms with E-state index in [2.05, 4.69) is 45.1 Å². The lowest BCUT2D eigenvalue weighted by Gasteiger charge is -2.21. The molecule has 428 valence electrons. The van der Waals surface area contributed by atoms with Gasteiger partial charge in [-0.15, -0.1) is 0 Å². The monoisotopic (exact) mass is 1040 g/mol. The summed E-state index contributed by atoms with van der Waals surface area (Å²) in [6.45, 7) is 6.15. The molecule has 0 amide bonds. The molecule has 73 heavy (non-hydrogen) atoms. The van der Waals surface area contributed by atoms with Crippen LogP contribution in [0.1, 0.15) is 252 Å². The summed E-state index contributed by atoms with van der Waals surface area (Å²) in [5, 5.41) is 31.7. The first kappa shape index (κ1) is 68.6. The van der Waals surface area contributed by atoms with Gasteiger partial charge in [0, 0.05) is 47.0 Å². The number of allylic oxidation sites excluding steroid dienone is 2. The minimum absolute atomic E-state index is 0.116. The van der Waals surface area contributed by atoms with Crippen molar-refractivity contribution in [3.8, 4) is 0 Å². The quantitative estimate of drug-likeness (QED) is 0.0172. The average Bonchev–Trinajstić information content (AvgIpc) is 4.15. The molecule has 0 saturated carbocycles. The summed E-state index contributed by atoms with van der Waals surface area (Å²) >= 11 is 0. The number of carbonyl (C=O) groups is 3. The van der Waals surface area contributed by atoms with Crippen LogP contribution in [0.15, 0.2) is 24.3 Å². The van der Waals surface area contributed by atoms with E-state index in [0.717, 1.165) is 135 Å². The zero-order valence-corrected chi connectivity index (χ0v) is 47.3. The van der Waals surface area contributed by atoms with Gasteiger partial charge in [-0.05, 0) is 83.5 Å². The van der Waals surface area contributed by atoms with Crippen molar-refractivity contribution in [2.45, 2.75) is 307 Å². The molecule has 0 aromatic rings. The number of ether oxygens (including phenoxy) is 7. The number of rotatable bonds is 53. The largest absolute Gasteiger partial charge is 0.462 e. The van der Waals surface area contributed by atoms with Crippen LogP contribution in [0.25, 0.3) is 0 Å². The van der Waals surface area contributed by atoms with Crippen molar-refractivity contribution < 1.29 is 62.9 Å². The minimum atomic E-state index is -0.875. The molecule has 1 rings (SSSR count). The Bertz CT molecular complexity index is 1360. The smallest absolute Gasteiger partial charge is 0.306 e. The van der Waals surface area contributed by atoms with Gasteiger partial charge in [-0.3, -0.25) is 14.4 Å². The fourth-order valence-corrected chi connectivity index (χ4v) is 9.40. The van der Waals surface area contributed by atoms with Gasteiger partial charge in [0.15, 0.2) is 6.10 Å². The van der Waals surface area contributed by atoms with E-state index in [0.29, 0.717) is 44.9 Å². The summed E-state index contributed by atoms with van der Waals surface area (Å²) < 4.78 is 39.0. The Morgan fingerprint density at radius 2 is 0.877 bits per heavy atom. The minimum Gasteiger partial charge on any atom is -0.462 e. The van der Waals surface area contributed by atoms with Crippen molar-refractivity contribution in [2.75, 3.05) is 34.5 Å². The van der Waals surface area contributed by atoms with Crippen LogP contribution in [0, 0.1) is 0 Å². The molecule has 1 heterocycles. The predicted octanol–water partition coefficient (Wildman–Crippen LogP) is 13.1. The second-order valence-corrected chi connectivity index (χ2v) is 20.7. The first-order chi connectivity index (χ1) is 35.5. The summed E-state index contributed by atoms with van der Waals surface area (Å²) in [6, 6.07) is 0. The van der Waals surface area contributed by atoms with Crippen LogP contribution in [-0.2, 0) is 47.5 Å². The molecular formula is C60H110O13. The zero-order valence-electron chi connectivity index (χ0n) is 47.3.